The number of carbonyl (C=O) groups excluding carboxylic acids is 1. The Kier molecular flexibility index (Phi) is 7.29. The molecule has 0 saturated heterocycles. The van der Waals surface area contributed by atoms with E-state index in [0.717, 1.165) is 0 Å². The highest BCUT2D eigenvalue weighted by Crippen LogP contribution is 2.11. The molecule has 0 aromatic rings. The van der Waals surface area contributed by atoms with E-state index in [-0.39, 0.29) is 25.2 Å². The van der Waals surface area contributed by atoms with E-state index in [0.29, 0.717) is 0 Å². The van der Waals surface area contributed by atoms with Gasteiger partial charge >= 0.3 is 0 Å². The lowest BCUT2D eigenvalue weighted by Crippen LogP contribution is -2.43. The van der Waals surface area contributed by atoms with Gasteiger partial charge in [0, 0.05) is 20.0 Å². The van der Waals surface area contributed by atoms with Crippen LogP contribution in [0.2, 0.25) is 0 Å². The Morgan fingerprint density at radius 3 is 2.47 bits per heavy atom. The van der Waals surface area contributed by atoms with Crippen LogP contribution in [0.15, 0.2) is 0 Å². The summed E-state index contributed by atoms with van der Waals surface area (Å²) in [6, 6.07) is 0. The summed E-state index contributed by atoms with van der Waals surface area (Å²) in [5, 5.41) is 12.1. The molecule has 0 aromatic carbocycles. The van der Waals surface area contributed by atoms with Gasteiger partial charge < -0.3 is 24.6 Å². The molecular formula is C11H23NO5. The number of aliphatic hydroxyl groups is 1. The zero-order chi connectivity index (χ0) is 13.5. The lowest BCUT2D eigenvalue weighted by atomic mass is 10.1. The van der Waals surface area contributed by atoms with Crippen LogP contribution in [0.4, 0.5) is 0 Å². The Morgan fingerprint density at radius 2 is 2.06 bits per heavy atom. The molecule has 0 bridgehead atoms. The standard InChI is InChI=1S/C11H23NO5/c1-8(6-17-11(3,4)14)10(12-9(2)13)16-7-15-5/h8,10,14H,6-7H2,1-5H3,(H,12,13)/t8-,10+/m1/s1. The van der Waals surface area contributed by atoms with Crippen molar-refractivity contribution < 1.29 is 24.1 Å². The lowest BCUT2D eigenvalue weighted by Gasteiger charge is -2.27. The number of carbonyl (C=O) groups is 1. The van der Waals surface area contributed by atoms with Gasteiger partial charge in [0.15, 0.2) is 5.79 Å². The van der Waals surface area contributed by atoms with E-state index in [1.165, 1.54) is 14.0 Å². The fraction of sp³-hybridized carbons (Fsp3) is 0.909. The number of rotatable bonds is 8. The van der Waals surface area contributed by atoms with E-state index in [2.05, 4.69) is 5.32 Å². The van der Waals surface area contributed by atoms with Crippen LogP contribution in [-0.2, 0) is 19.0 Å². The molecule has 0 unspecified atom stereocenters. The number of amides is 1. The van der Waals surface area contributed by atoms with Crippen molar-refractivity contribution in [3.63, 3.8) is 0 Å². The van der Waals surface area contributed by atoms with Gasteiger partial charge in [-0.05, 0) is 13.8 Å². The predicted octanol–water partition coefficient (Wildman–Crippen LogP) is 0.450. The van der Waals surface area contributed by atoms with E-state index in [1.807, 2.05) is 6.92 Å². The van der Waals surface area contributed by atoms with Crippen LogP contribution in [0.5, 0.6) is 0 Å². The average Bonchev–Trinajstić information content (AvgIpc) is 2.19. The largest absolute Gasteiger partial charge is 0.366 e. The van der Waals surface area contributed by atoms with E-state index in [1.54, 1.807) is 13.8 Å². The molecule has 1 amide bonds. The summed E-state index contributed by atoms with van der Waals surface area (Å²) in [6.45, 7) is 6.69. The van der Waals surface area contributed by atoms with Crippen molar-refractivity contribution in [3.05, 3.63) is 0 Å². The first-order valence-electron chi connectivity index (χ1n) is 5.50. The quantitative estimate of drug-likeness (QED) is 0.611. The molecule has 0 radical (unpaired) electrons. The molecule has 0 fully saturated rings. The maximum absolute atomic E-state index is 11.0. The number of ether oxygens (including phenoxy) is 3. The van der Waals surface area contributed by atoms with Crippen molar-refractivity contribution in [2.75, 3.05) is 20.5 Å². The minimum Gasteiger partial charge on any atom is -0.366 e. The van der Waals surface area contributed by atoms with E-state index in [9.17, 15) is 9.90 Å². The van der Waals surface area contributed by atoms with Crippen LogP contribution < -0.4 is 5.32 Å². The molecule has 102 valence electrons. The highest BCUT2D eigenvalue weighted by atomic mass is 16.7. The summed E-state index contributed by atoms with van der Waals surface area (Å²) in [6.07, 6.45) is -0.505. The Bertz CT molecular complexity index is 226. The van der Waals surface area contributed by atoms with Gasteiger partial charge in [-0.25, -0.2) is 0 Å². The molecule has 0 heterocycles. The highest BCUT2D eigenvalue weighted by Gasteiger charge is 2.22. The summed E-state index contributed by atoms with van der Waals surface area (Å²) < 4.78 is 15.3. The SMILES string of the molecule is COCO[C@H](NC(C)=O)[C@H](C)COC(C)(C)O. The average molecular weight is 249 g/mol. The number of methoxy groups -OCH3 is 1. The van der Waals surface area contributed by atoms with Crippen molar-refractivity contribution in [1.29, 1.82) is 0 Å². The van der Waals surface area contributed by atoms with Crippen LogP contribution in [-0.4, -0.2) is 43.5 Å². The first-order valence-corrected chi connectivity index (χ1v) is 5.50. The van der Waals surface area contributed by atoms with Gasteiger partial charge in [0.05, 0.1) is 6.61 Å². The molecule has 6 nitrogen and oxygen atoms in total. The molecule has 0 aliphatic heterocycles. The summed E-state index contributed by atoms with van der Waals surface area (Å²) in [4.78, 5) is 11.0. The second kappa shape index (κ2) is 7.60. The number of hydrogen-bond donors (Lipinski definition) is 2. The minimum atomic E-state index is -1.20. The number of hydrogen-bond acceptors (Lipinski definition) is 5. The van der Waals surface area contributed by atoms with Crippen LogP contribution in [0.3, 0.4) is 0 Å². The lowest BCUT2D eigenvalue weighted by molar-refractivity contribution is -0.195. The molecule has 17 heavy (non-hydrogen) atoms. The van der Waals surface area contributed by atoms with Gasteiger partial charge in [0.2, 0.25) is 5.91 Å². The molecule has 0 aliphatic carbocycles. The summed E-state index contributed by atoms with van der Waals surface area (Å²) >= 11 is 0. The smallest absolute Gasteiger partial charge is 0.218 e. The molecular weight excluding hydrogens is 226 g/mol. The van der Waals surface area contributed by atoms with Gasteiger partial charge in [0.1, 0.15) is 13.0 Å². The molecule has 0 saturated carbocycles. The van der Waals surface area contributed by atoms with Crippen LogP contribution >= 0.6 is 0 Å². The van der Waals surface area contributed by atoms with Crippen molar-refractivity contribution in [2.45, 2.75) is 39.7 Å². The second-order valence-electron chi connectivity index (χ2n) is 4.43. The van der Waals surface area contributed by atoms with Crippen molar-refractivity contribution in [1.82, 2.24) is 5.32 Å². The molecule has 0 aromatic heterocycles. The van der Waals surface area contributed by atoms with Crippen LogP contribution in [0.1, 0.15) is 27.7 Å². The molecule has 2 N–H and O–H groups in total. The minimum absolute atomic E-state index is 0.0812. The maximum atomic E-state index is 11.0. The summed E-state index contributed by atoms with van der Waals surface area (Å²) in [7, 11) is 1.50. The Hall–Kier alpha value is -0.690. The first-order chi connectivity index (χ1) is 7.76. The number of nitrogens with one attached hydrogen (secondary N) is 1. The zero-order valence-electron chi connectivity index (χ0n) is 11.1. The van der Waals surface area contributed by atoms with Crippen molar-refractivity contribution in [3.8, 4) is 0 Å². The van der Waals surface area contributed by atoms with E-state index >= 15 is 0 Å². The van der Waals surface area contributed by atoms with Crippen molar-refractivity contribution in [2.24, 2.45) is 5.92 Å². The molecule has 0 spiro atoms. The fourth-order valence-corrected chi connectivity index (χ4v) is 1.11. The Balaban J connectivity index is 4.20. The molecule has 0 aliphatic rings. The molecule has 2 atom stereocenters. The summed E-state index contributed by atoms with van der Waals surface area (Å²) in [5.41, 5.74) is 0. The van der Waals surface area contributed by atoms with Gasteiger partial charge in [0.25, 0.3) is 0 Å². The third-order valence-corrected chi connectivity index (χ3v) is 1.93. The normalized spacial score (nSPS) is 15.4. The molecule has 6 heteroatoms. The second-order valence-corrected chi connectivity index (χ2v) is 4.43. The van der Waals surface area contributed by atoms with E-state index in [4.69, 9.17) is 14.2 Å². The topological polar surface area (TPSA) is 77.0 Å². The summed E-state index contributed by atoms with van der Waals surface area (Å²) in [5.74, 6) is -1.50. The van der Waals surface area contributed by atoms with Gasteiger partial charge in [-0.1, -0.05) is 6.92 Å². The van der Waals surface area contributed by atoms with Crippen molar-refractivity contribution >= 4 is 5.91 Å². The van der Waals surface area contributed by atoms with Gasteiger partial charge in [-0.3, -0.25) is 4.79 Å². The Labute approximate surface area is 102 Å². The third kappa shape index (κ3) is 9.05. The molecule has 0 rings (SSSR count). The van der Waals surface area contributed by atoms with E-state index < -0.39 is 12.0 Å². The van der Waals surface area contributed by atoms with Gasteiger partial charge in [-0.2, -0.15) is 0 Å². The monoisotopic (exact) mass is 249 g/mol. The van der Waals surface area contributed by atoms with Gasteiger partial charge in [-0.15, -0.1) is 0 Å². The van der Waals surface area contributed by atoms with Crippen LogP contribution in [0, 0.1) is 5.92 Å². The predicted molar refractivity (Wildman–Crippen MR) is 62.0 cm³/mol. The Morgan fingerprint density at radius 1 is 1.47 bits per heavy atom. The fourth-order valence-electron chi connectivity index (χ4n) is 1.11. The maximum Gasteiger partial charge on any atom is 0.218 e. The highest BCUT2D eigenvalue weighted by molar-refractivity contribution is 5.73. The zero-order valence-corrected chi connectivity index (χ0v) is 11.1. The first kappa shape index (κ1) is 16.3. The third-order valence-electron chi connectivity index (χ3n) is 1.93. The van der Waals surface area contributed by atoms with Crippen LogP contribution in [0.25, 0.3) is 0 Å².